The summed E-state index contributed by atoms with van der Waals surface area (Å²) in [6.07, 6.45) is 18.4. The maximum absolute atomic E-state index is 12.9. The molecular formula is C104H155IN6O36Zn3. The number of hydrogen-bond donors (Lipinski definition) is 6. The summed E-state index contributed by atoms with van der Waals surface area (Å²) in [6, 6.07) is 0. The molecule has 46 heteroatoms. The number of amides is 2. The third-order valence-electron chi connectivity index (χ3n) is 38.8. The van der Waals surface area contributed by atoms with Crippen LogP contribution < -0.4 is 0 Å². The van der Waals surface area contributed by atoms with Crippen molar-refractivity contribution in [1.82, 2.24) is 9.80 Å². The molecule has 30 aliphatic rings. The van der Waals surface area contributed by atoms with Crippen LogP contribution in [0.5, 0.6) is 0 Å². The number of alkyl halides is 1. The van der Waals surface area contributed by atoms with E-state index in [4.69, 9.17) is 126 Å². The SMILES string of the molecule is CCI.C[C@@H]1CCC2[C@@H](C)C(=NCC(=O)O)O[C@@H]3O[C@]4(C)CCC1C23OO4.C[C@@H]1CCC2[C@@H](C)C(=NCC(=O)O)O[C@@H]3O[C@]4(C)CCC1C23OO4.C[C@@H]1CCC2[C@@H](C)C(=NCC(=O)O)O[C@@H]3O[C@]4(C)CCC1C23OO4.C[C@@H]1CCC2[C@@H](C)C(=NCC(=O)O)O[C@@H]3O[C@]4(C)CCC1C23OO4.C[C@@H]1CCC2[C@@H](C)C(=O)N(CC(=O)O)C3O[C@@]4(C)CCC1C23OO4.C[C@@H]1CCC2[C@@H](C)C(=O)N(CC(=O)O)C3O[C@@]4(C)CCC1C23OO4.[Zn].[Zn].[Zn]. The van der Waals surface area contributed by atoms with Gasteiger partial charge in [-0.2, -0.15) is 0 Å². The van der Waals surface area contributed by atoms with E-state index in [0.717, 1.165) is 141 Å². The molecule has 12 bridgehead atoms. The summed E-state index contributed by atoms with van der Waals surface area (Å²) in [5.41, 5.74) is -4.05. The van der Waals surface area contributed by atoms with Crippen molar-refractivity contribution < 1.29 is 233 Å². The molecule has 0 aromatic carbocycles. The summed E-state index contributed by atoms with van der Waals surface area (Å²) in [6.45, 7) is 36.6. The number of aliphatic carboxylic acids is 6. The maximum atomic E-state index is 12.9. The molecule has 42 nitrogen and oxygen atoms in total. The van der Waals surface area contributed by atoms with Crippen molar-refractivity contribution in [3.63, 3.8) is 0 Å². The Bertz CT molecular complexity index is 4580. The number of rotatable bonds is 12. The zero-order chi connectivity index (χ0) is 106. The smallest absolute Gasteiger partial charge is 0.325 e. The van der Waals surface area contributed by atoms with Gasteiger partial charge in [-0.15, -0.1) is 0 Å². The van der Waals surface area contributed by atoms with Gasteiger partial charge in [0.15, 0.2) is 69.7 Å². The van der Waals surface area contributed by atoms with Crippen molar-refractivity contribution in [2.45, 2.75) is 392 Å². The second-order valence-electron chi connectivity index (χ2n) is 47.9. The summed E-state index contributed by atoms with van der Waals surface area (Å²) in [7, 11) is 0. The molecule has 0 aromatic heterocycles. The van der Waals surface area contributed by atoms with Gasteiger partial charge in [-0.25, -0.2) is 78.6 Å². The summed E-state index contributed by atoms with van der Waals surface area (Å²) in [4.78, 5) is 182. The van der Waals surface area contributed by atoms with Gasteiger partial charge in [0.25, 0.3) is 0 Å². The molecule has 20 unspecified atom stereocenters. The summed E-state index contributed by atoms with van der Waals surface area (Å²) >= 11 is 2.29. The molecule has 6 N–H and O–H groups in total. The number of aliphatic imine (C=N–C) groups is 4. The Balaban J connectivity index is 0.000000133. The number of halogens is 1. The number of fused-ring (bicyclic) bond motifs is 12. The van der Waals surface area contributed by atoms with Crippen molar-refractivity contribution >= 4 is 93.8 Å². The molecule has 24 aliphatic heterocycles. The molecule has 0 aromatic rings. The van der Waals surface area contributed by atoms with E-state index in [0.29, 0.717) is 95.6 Å². The summed E-state index contributed by atoms with van der Waals surface area (Å²) in [5.74, 6) is -5.28. The minimum atomic E-state index is -1.04. The molecule has 6 saturated carbocycles. The Morgan fingerprint density at radius 3 is 0.647 bits per heavy atom. The molecule has 6 aliphatic carbocycles. The number of likely N-dealkylation sites (tertiary alicyclic amines) is 2. The number of carbonyl (C=O) groups excluding carboxylic acids is 2. The predicted molar refractivity (Wildman–Crippen MR) is 519 cm³/mol. The molecule has 150 heavy (non-hydrogen) atoms. The van der Waals surface area contributed by atoms with Gasteiger partial charge in [-0.05, 0) is 209 Å². The molecule has 30 rings (SSSR count). The fourth-order valence-electron chi connectivity index (χ4n) is 31.3. The number of carboxylic acid groups (broad SMARTS) is 6. The minimum Gasteiger partial charge on any atom is -0.480 e. The quantitative estimate of drug-likeness (QED) is 0.0457. The van der Waals surface area contributed by atoms with Gasteiger partial charge >= 0.3 is 35.8 Å². The van der Waals surface area contributed by atoms with Crippen LogP contribution in [0.4, 0.5) is 0 Å². The first-order chi connectivity index (χ1) is 69.4. The summed E-state index contributed by atoms with van der Waals surface area (Å²) in [5, 5.41) is 54.3. The van der Waals surface area contributed by atoms with Crippen LogP contribution >= 0.6 is 22.6 Å². The Kier molecular flexibility index (Phi) is 36.0. The maximum Gasteiger partial charge on any atom is 0.325 e. The normalized spacial score (nSPS) is 49.3. The van der Waals surface area contributed by atoms with Gasteiger partial charge in [0.1, 0.15) is 39.3 Å². The molecule has 24 saturated heterocycles. The van der Waals surface area contributed by atoms with Crippen molar-refractivity contribution in [2.24, 2.45) is 162 Å². The van der Waals surface area contributed by atoms with Gasteiger partial charge < -0.3 is 87.8 Å². The summed E-state index contributed by atoms with van der Waals surface area (Å²) < 4.78 is 62.6. The molecule has 6 spiro atoms. The van der Waals surface area contributed by atoms with Crippen LogP contribution in [-0.4, -0.2) is 261 Å². The fraction of sp³-hybridized carbons (Fsp3) is 0.885. The zero-order valence-electron chi connectivity index (χ0n) is 90.4. The first kappa shape index (κ1) is 119. The van der Waals surface area contributed by atoms with Crippen LogP contribution in [0, 0.1) is 142 Å². The van der Waals surface area contributed by atoms with Crippen LogP contribution in [0.15, 0.2) is 20.0 Å². The average Bonchev–Trinajstić information content (AvgIpc) is 1.37. The zero-order valence-corrected chi connectivity index (χ0v) is 101. The Labute approximate surface area is 927 Å². The number of nitrogens with zero attached hydrogens (tertiary/aromatic N) is 6. The molecule has 830 valence electrons. The second-order valence-corrected chi connectivity index (χ2v) is 49.4. The van der Waals surface area contributed by atoms with E-state index < -0.39 is 142 Å². The monoisotopic (exact) mass is 2380 g/mol. The van der Waals surface area contributed by atoms with Gasteiger partial charge in [0.2, 0.25) is 71.7 Å². The fourth-order valence-corrected chi connectivity index (χ4v) is 31.3. The van der Waals surface area contributed by atoms with E-state index in [1.165, 1.54) is 14.2 Å². The molecule has 42 atom stereocenters. The predicted octanol–water partition coefficient (Wildman–Crippen LogP) is 14.4. The third kappa shape index (κ3) is 20.9. The van der Waals surface area contributed by atoms with E-state index in [9.17, 15) is 48.6 Å². The van der Waals surface area contributed by atoms with Crippen LogP contribution in [0.1, 0.15) is 286 Å². The molecule has 24 heterocycles. The Hall–Kier alpha value is -4.48. The number of hydrogen-bond acceptors (Lipinski definition) is 34. The second kappa shape index (κ2) is 45.2. The van der Waals surface area contributed by atoms with Crippen molar-refractivity contribution in [1.29, 1.82) is 0 Å². The van der Waals surface area contributed by atoms with Crippen LogP contribution in [0.2, 0.25) is 0 Å². The number of piperidine rings is 2. The third-order valence-corrected chi connectivity index (χ3v) is 38.8. The van der Waals surface area contributed by atoms with E-state index in [-0.39, 0.29) is 192 Å². The van der Waals surface area contributed by atoms with Crippen LogP contribution in [0.25, 0.3) is 0 Å². The minimum absolute atomic E-state index is 0. The molecule has 30 fully saturated rings. The van der Waals surface area contributed by atoms with E-state index in [1.54, 1.807) is 13.8 Å². The molecule has 2 amide bonds. The van der Waals surface area contributed by atoms with Crippen molar-refractivity contribution in [2.75, 3.05) is 43.7 Å². The standard InChI is InChI=1S/6C17H25NO6.C2H5I.3Zn/c4*1-9-4-5-12-10(2)14(18-8-13(19)20)21-15-17(12)11(9)6-7-16(3,22-15)23-24-17;2*1-9-4-5-12-10(2)14(21)18(8-13(19)20)15-17(12)11(9)6-7-16(3,22-15)23-24-17;1-2-3;;;/h6*9-12,15H,4-8H2,1-3H3,(H,19,20);2H2,1H3;;;/t4*9-,10-,11?,12?,15-,16+,17?;2*9-,10-,11?,12?,15?,16-,17?;;;;/m111111..../s1. The first-order valence-corrected chi connectivity index (χ1v) is 55.5. The Morgan fingerprint density at radius 1 is 0.273 bits per heavy atom. The topological polar surface area (TPSA) is 517 Å². The van der Waals surface area contributed by atoms with Gasteiger partial charge in [-0.3, -0.25) is 38.4 Å². The largest absolute Gasteiger partial charge is 0.480 e. The van der Waals surface area contributed by atoms with E-state index in [1.807, 2.05) is 69.2 Å². The van der Waals surface area contributed by atoms with E-state index >= 15 is 0 Å². The van der Waals surface area contributed by atoms with Gasteiger partial charge in [0.05, 0.1) is 0 Å². The van der Waals surface area contributed by atoms with E-state index in [2.05, 4.69) is 91.0 Å². The van der Waals surface area contributed by atoms with Crippen molar-refractivity contribution in [3.05, 3.63) is 0 Å². The average molecular weight is 2390 g/mol. The number of carboxylic acids is 6. The molecular weight excluding hydrogens is 2230 g/mol. The Morgan fingerprint density at radius 2 is 0.453 bits per heavy atom. The molecule has 0 radical (unpaired) electrons. The van der Waals surface area contributed by atoms with Gasteiger partial charge in [0, 0.05) is 192 Å². The first-order valence-electron chi connectivity index (χ1n) is 54.0. The number of carbonyl (C=O) groups is 8. The van der Waals surface area contributed by atoms with Crippen LogP contribution in [0.3, 0.4) is 0 Å². The van der Waals surface area contributed by atoms with Gasteiger partial charge in [-0.1, -0.05) is 113 Å². The van der Waals surface area contributed by atoms with Crippen LogP contribution in [-0.2, 0) is 203 Å². The number of ether oxygens (including phenoxy) is 10. The van der Waals surface area contributed by atoms with Crippen molar-refractivity contribution in [3.8, 4) is 0 Å².